The van der Waals surface area contributed by atoms with Gasteiger partial charge in [0, 0.05) is 12.1 Å². The fourth-order valence-electron chi connectivity index (χ4n) is 1.38. The Morgan fingerprint density at radius 2 is 1.44 bits per heavy atom. The topological polar surface area (TPSA) is 72.3 Å². The Balaban J connectivity index is 2.34. The molecule has 54 valence electrons. The summed E-state index contributed by atoms with van der Waals surface area (Å²) in [6, 6.07) is 0.229. The van der Waals surface area contributed by atoms with Gasteiger partial charge in [-0.3, -0.25) is 0 Å². The molecule has 1 fully saturated rings. The van der Waals surface area contributed by atoms with Crippen molar-refractivity contribution in [2.75, 3.05) is 0 Å². The standard InChI is InChI=1S/C6H14N2O/c7-4-1-5(8)3-6(9)2-4/h4-6,9H,1-3,7-8H2. The van der Waals surface area contributed by atoms with E-state index in [0.29, 0.717) is 12.8 Å². The fourth-order valence-corrected chi connectivity index (χ4v) is 1.38. The molecule has 1 aliphatic carbocycles. The van der Waals surface area contributed by atoms with Gasteiger partial charge in [-0.1, -0.05) is 0 Å². The molecule has 0 amide bonds. The second-order valence-electron chi connectivity index (χ2n) is 2.88. The third-order valence-electron chi connectivity index (χ3n) is 1.76. The monoisotopic (exact) mass is 130 g/mol. The molecule has 2 unspecified atom stereocenters. The largest absolute Gasteiger partial charge is 0.393 e. The molecule has 1 rings (SSSR count). The van der Waals surface area contributed by atoms with Crippen LogP contribution in [0.15, 0.2) is 0 Å². The van der Waals surface area contributed by atoms with E-state index in [0.717, 1.165) is 6.42 Å². The van der Waals surface area contributed by atoms with Crippen LogP contribution in [0.1, 0.15) is 19.3 Å². The number of hydrogen-bond acceptors (Lipinski definition) is 3. The highest BCUT2D eigenvalue weighted by molar-refractivity contribution is 4.82. The van der Waals surface area contributed by atoms with Crippen LogP contribution in [0.5, 0.6) is 0 Å². The lowest BCUT2D eigenvalue weighted by molar-refractivity contribution is 0.111. The highest BCUT2D eigenvalue weighted by atomic mass is 16.3. The molecule has 5 N–H and O–H groups in total. The highest BCUT2D eigenvalue weighted by Gasteiger charge is 2.22. The summed E-state index contributed by atoms with van der Waals surface area (Å²) in [5, 5.41) is 9.09. The van der Waals surface area contributed by atoms with Crippen LogP contribution in [0.4, 0.5) is 0 Å². The van der Waals surface area contributed by atoms with Gasteiger partial charge in [0.2, 0.25) is 0 Å². The van der Waals surface area contributed by atoms with Gasteiger partial charge in [-0.05, 0) is 19.3 Å². The lowest BCUT2D eigenvalue weighted by atomic mass is 9.90. The summed E-state index contributed by atoms with van der Waals surface area (Å²) >= 11 is 0. The van der Waals surface area contributed by atoms with Crippen molar-refractivity contribution < 1.29 is 5.11 Å². The molecule has 3 heteroatoms. The van der Waals surface area contributed by atoms with E-state index >= 15 is 0 Å². The maximum Gasteiger partial charge on any atom is 0.0569 e. The predicted molar refractivity (Wildman–Crippen MR) is 35.8 cm³/mol. The molecular formula is C6H14N2O. The van der Waals surface area contributed by atoms with Gasteiger partial charge < -0.3 is 16.6 Å². The van der Waals surface area contributed by atoms with Gasteiger partial charge in [0.1, 0.15) is 0 Å². The molecule has 0 heterocycles. The first-order valence-electron chi connectivity index (χ1n) is 3.37. The van der Waals surface area contributed by atoms with Crippen LogP contribution in [0.25, 0.3) is 0 Å². The van der Waals surface area contributed by atoms with Crippen LogP contribution in [-0.2, 0) is 0 Å². The van der Waals surface area contributed by atoms with Gasteiger partial charge in [-0.2, -0.15) is 0 Å². The zero-order chi connectivity index (χ0) is 6.85. The van der Waals surface area contributed by atoms with Crippen molar-refractivity contribution in [2.24, 2.45) is 11.5 Å². The molecule has 0 aromatic heterocycles. The van der Waals surface area contributed by atoms with Crippen LogP contribution < -0.4 is 11.5 Å². The molecule has 2 atom stereocenters. The van der Waals surface area contributed by atoms with Gasteiger partial charge in [-0.25, -0.2) is 0 Å². The van der Waals surface area contributed by atoms with Crippen LogP contribution >= 0.6 is 0 Å². The normalized spacial score (nSPS) is 45.0. The molecular weight excluding hydrogens is 116 g/mol. The third-order valence-corrected chi connectivity index (χ3v) is 1.76. The molecule has 0 spiro atoms. The summed E-state index contributed by atoms with van der Waals surface area (Å²) in [7, 11) is 0. The molecule has 0 saturated heterocycles. The molecule has 9 heavy (non-hydrogen) atoms. The minimum Gasteiger partial charge on any atom is -0.393 e. The first-order valence-corrected chi connectivity index (χ1v) is 3.37. The number of aliphatic hydroxyl groups excluding tert-OH is 1. The van der Waals surface area contributed by atoms with E-state index in [2.05, 4.69) is 0 Å². The van der Waals surface area contributed by atoms with Crippen LogP contribution in [-0.4, -0.2) is 23.3 Å². The van der Waals surface area contributed by atoms with Crippen molar-refractivity contribution in [3.05, 3.63) is 0 Å². The third kappa shape index (κ3) is 1.93. The van der Waals surface area contributed by atoms with Crippen molar-refractivity contribution in [3.63, 3.8) is 0 Å². The second kappa shape index (κ2) is 2.64. The Labute approximate surface area is 55.0 Å². The van der Waals surface area contributed by atoms with Crippen molar-refractivity contribution in [3.8, 4) is 0 Å². The summed E-state index contributed by atoms with van der Waals surface area (Å²) < 4.78 is 0. The summed E-state index contributed by atoms with van der Waals surface area (Å²) in [6.07, 6.45) is 2.03. The number of nitrogens with two attached hydrogens (primary N) is 2. The maximum absolute atomic E-state index is 9.09. The quantitative estimate of drug-likeness (QED) is 0.401. The predicted octanol–water partition coefficient (Wildman–Crippen LogP) is -0.814. The van der Waals surface area contributed by atoms with Gasteiger partial charge in [0.15, 0.2) is 0 Å². The summed E-state index contributed by atoms with van der Waals surface area (Å²) in [5.74, 6) is 0. The smallest absolute Gasteiger partial charge is 0.0569 e. The molecule has 0 bridgehead atoms. The zero-order valence-electron chi connectivity index (χ0n) is 5.46. The Kier molecular flexibility index (Phi) is 2.05. The summed E-state index contributed by atoms with van der Waals surface area (Å²) in [5.41, 5.74) is 11.2. The van der Waals surface area contributed by atoms with Crippen molar-refractivity contribution in [2.45, 2.75) is 37.5 Å². The first kappa shape index (κ1) is 6.99. The Morgan fingerprint density at radius 3 is 1.78 bits per heavy atom. The Morgan fingerprint density at radius 1 is 1.00 bits per heavy atom. The number of rotatable bonds is 0. The van der Waals surface area contributed by atoms with E-state index in [1.807, 2.05) is 0 Å². The molecule has 3 nitrogen and oxygen atoms in total. The maximum atomic E-state index is 9.09. The van der Waals surface area contributed by atoms with E-state index in [9.17, 15) is 0 Å². The number of hydrogen-bond donors (Lipinski definition) is 3. The van der Waals surface area contributed by atoms with Gasteiger partial charge in [-0.15, -0.1) is 0 Å². The van der Waals surface area contributed by atoms with E-state index in [4.69, 9.17) is 16.6 Å². The van der Waals surface area contributed by atoms with Gasteiger partial charge in [0.05, 0.1) is 6.10 Å². The average Bonchev–Trinajstić information content (AvgIpc) is 1.59. The van der Waals surface area contributed by atoms with E-state index < -0.39 is 0 Å². The SMILES string of the molecule is NC1CC(N)CC(O)C1. The zero-order valence-corrected chi connectivity index (χ0v) is 5.46. The van der Waals surface area contributed by atoms with Crippen LogP contribution in [0, 0.1) is 0 Å². The second-order valence-corrected chi connectivity index (χ2v) is 2.88. The van der Waals surface area contributed by atoms with Gasteiger partial charge >= 0.3 is 0 Å². The summed E-state index contributed by atoms with van der Waals surface area (Å²) in [4.78, 5) is 0. The van der Waals surface area contributed by atoms with Crippen LogP contribution in [0.2, 0.25) is 0 Å². The average molecular weight is 130 g/mol. The van der Waals surface area contributed by atoms with E-state index in [1.54, 1.807) is 0 Å². The first-order chi connectivity index (χ1) is 4.18. The minimum atomic E-state index is -0.260. The molecule has 0 radical (unpaired) electrons. The fraction of sp³-hybridized carbons (Fsp3) is 1.00. The van der Waals surface area contributed by atoms with Crippen molar-refractivity contribution in [1.29, 1.82) is 0 Å². The van der Waals surface area contributed by atoms with Crippen molar-refractivity contribution in [1.82, 2.24) is 0 Å². The van der Waals surface area contributed by atoms with E-state index in [1.165, 1.54) is 0 Å². The molecule has 1 saturated carbocycles. The molecule has 0 aromatic rings. The number of aliphatic hydroxyl groups is 1. The lowest BCUT2D eigenvalue weighted by Crippen LogP contribution is -2.41. The molecule has 1 aliphatic rings. The molecule has 0 aromatic carbocycles. The summed E-state index contributed by atoms with van der Waals surface area (Å²) in [6.45, 7) is 0. The Hall–Kier alpha value is -0.120. The van der Waals surface area contributed by atoms with Crippen LogP contribution in [0.3, 0.4) is 0 Å². The van der Waals surface area contributed by atoms with E-state index in [-0.39, 0.29) is 18.2 Å². The lowest BCUT2D eigenvalue weighted by Gasteiger charge is -2.27. The Bertz CT molecular complexity index is 72.0. The minimum absolute atomic E-state index is 0.115. The highest BCUT2D eigenvalue weighted by Crippen LogP contribution is 2.15. The van der Waals surface area contributed by atoms with Crippen molar-refractivity contribution >= 4 is 0 Å². The van der Waals surface area contributed by atoms with Gasteiger partial charge in [0.25, 0.3) is 0 Å². The molecule has 0 aliphatic heterocycles.